The van der Waals surface area contributed by atoms with Gasteiger partial charge in [0.25, 0.3) is 9.05 Å². The molecule has 0 aromatic heterocycles. The summed E-state index contributed by atoms with van der Waals surface area (Å²) in [6.45, 7) is 0. The molecule has 0 spiro atoms. The Balaban J connectivity index is 0.000000254. The summed E-state index contributed by atoms with van der Waals surface area (Å²) >= 11 is 0. The number of halogens is 3. The average Bonchev–Trinajstić information content (AvgIpc) is 2.47. The molecule has 2 aromatic carbocycles. The van der Waals surface area contributed by atoms with E-state index >= 15 is 0 Å². The molecule has 2 rings (SSSR count). The minimum atomic E-state index is -4.07. The smallest absolute Gasteiger partial charge is 0.258 e. The molecule has 128 valence electrons. The van der Waals surface area contributed by atoms with Gasteiger partial charge in [-0.25, -0.2) is 8.42 Å². The fourth-order valence-electron chi connectivity index (χ4n) is 1.38. The van der Waals surface area contributed by atoms with Gasteiger partial charge >= 0.3 is 11.4 Å². The van der Waals surface area contributed by atoms with Crippen molar-refractivity contribution in [2.24, 2.45) is 0 Å². The van der Waals surface area contributed by atoms with E-state index in [4.69, 9.17) is 10.7 Å². The number of nitrogens with zero attached hydrogens (tertiary/aromatic N) is 2. The normalized spacial score (nSPS) is 10.5. The molecule has 0 aliphatic rings. The Morgan fingerprint density at radius 1 is 0.875 bits per heavy atom. The lowest BCUT2D eigenvalue weighted by Crippen LogP contribution is -1.96. The number of hydrogen-bond acceptors (Lipinski definition) is 6. The minimum absolute atomic E-state index is 0.484. The third-order valence-electron chi connectivity index (χ3n) is 2.44. The number of rotatable bonds is 3. The molecule has 8 nitrogen and oxygen atoms in total. The second kappa shape index (κ2) is 7.75. The van der Waals surface area contributed by atoms with Gasteiger partial charge in [-0.05, 0) is 18.2 Å². The van der Waals surface area contributed by atoms with Crippen molar-refractivity contribution in [3.63, 3.8) is 0 Å². The van der Waals surface area contributed by atoms with Crippen LogP contribution in [0.3, 0.4) is 0 Å². The molecule has 0 saturated heterocycles. The van der Waals surface area contributed by atoms with Crippen molar-refractivity contribution < 1.29 is 27.0 Å². The molecule has 0 amide bonds. The maximum Gasteiger partial charge on any atom is 0.306 e. The Morgan fingerprint density at radius 3 is 1.79 bits per heavy atom. The molecular formula is C12H7ClF2N2O6S. The second-order valence-electron chi connectivity index (χ2n) is 4.02. The Bertz CT molecular complexity index is 891. The molecule has 0 saturated carbocycles. The molecule has 2 aromatic rings. The molecular weight excluding hydrogens is 374 g/mol. The first-order chi connectivity index (χ1) is 11.0. The summed E-state index contributed by atoms with van der Waals surface area (Å²) < 4.78 is 46.6. The van der Waals surface area contributed by atoms with Crippen LogP contribution in [0.5, 0.6) is 0 Å². The van der Waals surface area contributed by atoms with Gasteiger partial charge in [-0.3, -0.25) is 20.2 Å². The topological polar surface area (TPSA) is 120 Å². The van der Waals surface area contributed by atoms with E-state index in [0.717, 1.165) is 18.2 Å². The maximum atomic E-state index is 12.7. The molecule has 24 heavy (non-hydrogen) atoms. The van der Waals surface area contributed by atoms with Crippen molar-refractivity contribution in [2.75, 3.05) is 0 Å². The van der Waals surface area contributed by atoms with Gasteiger partial charge in [0.2, 0.25) is 11.6 Å². The van der Waals surface area contributed by atoms with Crippen molar-refractivity contribution >= 4 is 31.1 Å². The van der Waals surface area contributed by atoms with E-state index in [1.54, 1.807) is 0 Å². The summed E-state index contributed by atoms with van der Waals surface area (Å²) in [5.41, 5.74) is -1.41. The summed E-state index contributed by atoms with van der Waals surface area (Å²) in [4.78, 5) is 17.9. The largest absolute Gasteiger partial charge is 0.306 e. The third kappa shape index (κ3) is 5.21. The quantitative estimate of drug-likeness (QED) is 0.457. The predicted octanol–water partition coefficient (Wildman–Crippen LogP) is 3.40. The van der Waals surface area contributed by atoms with Crippen molar-refractivity contribution in [1.29, 1.82) is 0 Å². The monoisotopic (exact) mass is 380 g/mol. The van der Waals surface area contributed by atoms with Gasteiger partial charge in [0.15, 0.2) is 0 Å². The van der Waals surface area contributed by atoms with E-state index in [1.165, 1.54) is 12.1 Å². The molecule has 0 heterocycles. The van der Waals surface area contributed by atoms with Crippen LogP contribution in [-0.4, -0.2) is 18.3 Å². The SMILES string of the molecule is O=[N+]([O-])c1cc(S(=O)(=O)Cl)ccc1F.O=[N+]([O-])c1ccccc1F. The zero-order valence-corrected chi connectivity index (χ0v) is 13.0. The lowest BCUT2D eigenvalue weighted by atomic mass is 10.3. The van der Waals surface area contributed by atoms with E-state index in [1.807, 2.05) is 0 Å². The fourth-order valence-corrected chi connectivity index (χ4v) is 2.15. The minimum Gasteiger partial charge on any atom is -0.258 e. The van der Waals surface area contributed by atoms with E-state index in [0.29, 0.717) is 12.1 Å². The first-order valence-corrected chi connectivity index (χ1v) is 8.12. The van der Waals surface area contributed by atoms with E-state index in [9.17, 15) is 37.4 Å². The summed E-state index contributed by atoms with van der Waals surface area (Å²) in [6.07, 6.45) is 0. The Morgan fingerprint density at radius 2 is 1.38 bits per heavy atom. The van der Waals surface area contributed by atoms with Crippen LogP contribution in [0.4, 0.5) is 20.2 Å². The lowest BCUT2D eigenvalue weighted by molar-refractivity contribution is -0.387. The van der Waals surface area contributed by atoms with Gasteiger partial charge in [-0.15, -0.1) is 0 Å². The second-order valence-corrected chi connectivity index (χ2v) is 6.58. The standard InChI is InChI=1S/C6H3ClFNO4S.C6H4FNO2/c7-14(12,13)4-1-2-5(8)6(3-4)9(10)11;7-5-3-1-2-4-6(5)8(9)10/h1-3H;1-4H. The molecule has 0 fully saturated rings. The van der Waals surface area contributed by atoms with Gasteiger partial charge in [-0.1, -0.05) is 12.1 Å². The van der Waals surface area contributed by atoms with E-state index in [2.05, 4.69) is 0 Å². The number of hydrogen-bond donors (Lipinski definition) is 0. The molecule has 0 radical (unpaired) electrons. The van der Waals surface area contributed by atoms with Crippen LogP contribution < -0.4 is 0 Å². The van der Waals surface area contributed by atoms with Crippen LogP contribution in [0, 0.1) is 31.9 Å². The van der Waals surface area contributed by atoms with Crippen LogP contribution in [0.2, 0.25) is 0 Å². The third-order valence-corrected chi connectivity index (χ3v) is 3.80. The number of benzene rings is 2. The Kier molecular flexibility index (Phi) is 6.26. The molecule has 12 heteroatoms. The molecule has 0 aliphatic heterocycles. The number of nitro benzene ring substituents is 2. The summed E-state index contributed by atoms with van der Waals surface area (Å²) in [7, 11) is 0.840. The summed E-state index contributed by atoms with van der Waals surface area (Å²) in [5.74, 6) is -1.91. The molecule has 0 aliphatic carbocycles. The number of nitro groups is 2. The molecule has 0 N–H and O–H groups in total. The van der Waals surface area contributed by atoms with Crippen LogP contribution >= 0.6 is 10.7 Å². The highest BCUT2D eigenvalue weighted by atomic mass is 35.7. The highest BCUT2D eigenvalue weighted by Gasteiger charge is 2.19. The Hall–Kier alpha value is -2.66. The maximum absolute atomic E-state index is 12.7. The highest BCUT2D eigenvalue weighted by Crippen LogP contribution is 2.23. The van der Waals surface area contributed by atoms with E-state index in [-0.39, 0.29) is 0 Å². The van der Waals surface area contributed by atoms with Gasteiger partial charge in [-0.2, -0.15) is 8.78 Å². The van der Waals surface area contributed by atoms with Crippen molar-refractivity contribution in [1.82, 2.24) is 0 Å². The van der Waals surface area contributed by atoms with Crippen LogP contribution in [0.15, 0.2) is 47.4 Å². The van der Waals surface area contributed by atoms with Gasteiger partial charge in [0.05, 0.1) is 14.7 Å². The average molecular weight is 381 g/mol. The zero-order valence-electron chi connectivity index (χ0n) is 11.4. The van der Waals surface area contributed by atoms with Crippen molar-refractivity contribution in [2.45, 2.75) is 4.90 Å². The molecule has 0 unspecified atom stereocenters. The zero-order chi connectivity index (χ0) is 18.5. The van der Waals surface area contributed by atoms with Gasteiger partial charge < -0.3 is 0 Å². The number of para-hydroxylation sites is 1. The van der Waals surface area contributed by atoms with Crippen molar-refractivity contribution in [3.05, 3.63) is 74.3 Å². The van der Waals surface area contributed by atoms with Crippen LogP contribution in [0.25, 0.3) is 0 Å². The van der Waals surface area contributed by atoms with Crippen molar-refractivity contribution in [3.8, 4) is 0 Å². The first kappa shape index (κ1) is 19.4. The van der Waals surface area contributed by atoms with Gasteiger partial charge in [0.1, 0.15) is 0 Å². The predicted molar refractivity (Wildman–Crippen MR) is 79.1 cm³/mol. The lowest BCUT2D eigenvalue weighted by Gasteiger charge is -1.96. The molecule has 0 bridgehead atoms. The van der Waals surface area contributed by atoms with Crippen LogP contribution in [0.1, 0.15) is 0 Å². The fraction of sp³-hybridized carbons (Fsp3) is 0. The van der Waals surface area contributed by atoms with Gasteiger partial charge in [0, 0.05) is 22.8 Å². The molecule has 0 atom stereocenters. The van der Waals surface area contributed by atoms with E-state index < -0.39 is 46.8 Å². The Labute approximate surface area is 138 Å². The first-order valence-electron chi connectivity index (χ1n) is 5.81. The highest BCUT2D eigenvalue weighted by molar-refractivity contribution is 8.13. The summed E-state index contributed by atoms with van der Waals surface area (Å²) in [5, 5.41) is 20.2. The summed E-state index contributed by atoms with van der Waals surface area (Å²) in [6, 6.07) is 7.09. The van der Waals surface area contributed by atoms with Crippen LogP contribution in [-0.2, 0) is 9.05 Å².